The summed E-state index contributed by atoms with van der Waals surface area (Å²) in [7, 11) is 0. The summed E-state index contributed by atoms with van der Waals surface area (Å²) < 4.78 is 5.10. The van der Waals surface area contributed by atoms with E-state index in [1.165, 1.54) is 0 Å². The molecule has 1 saturated heterocycles. The topological polar surface area (TPSA) is 87.7 Å². The van der Waals surface area contributed by atoms with E-state index in [1.54, 1.807) is 31.2 Å². The number of phenolic OH excluding ortho intramolecular Hbond substituents is 1. The van der Waals surface area contributed by atoms with E-state index in [9.17, 15) is 14.7 Å². The van der Waals surface area contributed by atoms with Crippen LogP contribution in [0.3, 0.4) is 0 Å². The van der Waals surface area contributed by atoms with Crippen LogP contribution < -0.4 is 10.6 Å². The quantitative estimate of drug-likeness (QED) is 0.709. The van der Waals surface area contributed by atoms with Crippen LogP contribution in [0.2, 0.25) is 0 Å². The summed E-state index contributed by atoms with van der Waals surface area (Å²) in [4.78, 5) is 23.5. The van der Waals surface area contributed by atoms with E-state index >= 15 is 0 Å². The molecule has 19 heavy (non-hydrogen) atoms. The van der Waals surface area contributed by atoms with Crippen LogP contribution in [0.25, 0.3) is 0 Å². The molecule has 0 spiro atoms. The fourth-order valence-corrected chi connectivity index (χ4v) is 1.90. The lowest BCUT2D eigenvalue weighted by molar-refractivity contribution is -0.148. The molecule has 2 amide bonds. The number of piperazine rings is 1. The summed E-state index contributed by atoms with van der Waals surface area (Å²) >= 11 is 0. The van der Waals surface area contributed by atoms with E-state index in [-0.39, 0.29) is 17.6 Å². The molecule has 2 unspecified atom stereocenters. The second-order valence-electron chi connectivity index (χ2n) is 4.28. The van der Waals surface area contributed by atoms with Crippen molar-refractivity contribution in [3.8, 4) is 5.75 Å². The van der Waals surface area contributed by atoms with Gasteiger partial charge in [0.1, 0.15) is 11.8 Å². The predicted octanol–water partition coefficient (Wildman–Crippen LogP) is -0.0881. The monoisotopic (exact) mass is 264 g/mol. The molecule has 0 aromatic heterocycles. The van der Waals surface area contributed by atoms with Crippen molar-refractivity contribution in [3.05, 3.63) is 29.8 Å². The summed E-state index contributed by atoms with van der Waals surface area (Å²) in [5.74, 6) is -0.450. The number of rotatable bonds is 4. The van der Waals surface area contributed by atoms with E-state index < -0.39 is 12.3 Å². The number of benzene rings is 1. The Morgan fingerprint density at radius 1 is 1.16 bits per heavy atom. The normalized spacial score (nSPS) is 22.8. The zero-order chi connectivity index (χ0) is 13.8. The van der Waals surface area contributed by atoms with E-state index in [0.29, 0.717) is 13.0 Å². The highest BCUT2D eigenvalue weighted by molar-refractivity contribution is 5.96. The van der Waals surface area contributed by atoms with Gasteiger partial charge in [-0.15, -0.1) is 0 Å². The highest BCUT2D eigenvalue weighted by Crippen LogP contribution is 2.12. The number of ether oxygens (including phenoxy) is 1. The minimum atomic E-state index is -0.909. The lowest BCUT2D eigenvalue weighted by Crippen LogP contribution is -2.63. The summed E-state index contributed by atoms with van der Waals surface area (Å²) in [5.41, 5.74) is 0.855. The molecule has 1 aromatic carbocycles. The largest absolute Gasteiger partial charge is 0.508 e. The first-order valence-electron chi connectivity index (χ1n) is 6.10. The van der Waals surface area contributed by atoms with Crippen LogP contribution in [-0.2, 0) is 20.7 Å². The average Bonchev–Trinajstić information content (AvgIpc) is 2.38. The summed E-state index contributed by atoms with van der Waals surface area (Å²) in [5, 5.41) is 14.3. The van der Waals surface area contributed by atoms with Gasteiger partial charge in [0.25, 0.3) is 5.91 Å². The van der Waals surface area contributed by atoms with Crippen LogP contribution >= 0.6 is 0 Å². The third kappa shape index (κ3) is 3.23. The Morgan fingerprint density at radius 3 is 2.47 bits per heavy atom. The van der Waals surface area contributed by atoms with Crippen molar-refractivity contribution in [1.82, 2.24) is 10.6 Å². The Morgan fingerprint density at radius 2 is 1.84 bits per heavy atom. The van der Waals surface area contributed by atoms with E-state index in [2.05, 4.69) is 10.6 Å². The Kier molecular flexibility index (Phi) is 4.01. The maximum atomic E-state index is 11.8. The summed E-state index contributed by atoms with van der Waals surface area (Å²) in [6.45, 7) is 2.10. The molecule has 1 fully saturated rings. The van der Waals surface area contributed by atoms with Crippen LogP contribution in [0.4, 0.5) is 0 Å². The van der Waals surface area contributed by atoms with Crippen LogP contribution in [0.1, 0.15) is 12.5 Å². The number of carbonyl (C=O) groups is 2. The van der Waals surface area contributed by atoms with Crippen molar-refractivity contribution >= 4 is 11.8 Å². The van der Waals surface area contributed by atoms with Gasteiger partial charge in [-0.25, -0.2) is 0 Å². The van der Waals surface area contributed by atoms with Gasteiger partial charge in [0.15, 0.2) is 0 Å². The van der Waals surface area contributed by atoms with E-state index in [0.717, 1.165) is 5.56 Å². The van der Waals surface area contributed by atoms with E-state index in [4.69, 9.17) is 4.74 Å². The smallest absolute Gasteiger partial charge is 0.270 e. The Labute approximate surface area is 110 Å². The number of aromatic hydroxyl groups is 1. The second kappa shape index (κ2) is 5.71. The minimum absolute atomic E-state index is 0.164. The minimum Gasteiger partial charge on any atom is -0.508 e. The van der Waals surface area contributed by atoms with Crippen molar-refractivity contribution in [1.29, 1.82) is 0 Å². The molecule has 1 aliphatic rings. The second-order valence-corrected chi connectivity index (χ2v) is 4.28. The standard InChI is InChI=1S/C13H16N2O4/c1-2-19-13-12(18)14-10(11(17)15-13)7-8-3-5-9(16)6-4-8/h3-6,10,13,16H,2,7H2,1H3,(H,14,18)(H,15,17). The molecule has 1 heterocycles. The number of phenols is 1. The molecular weight excluding hydrogens is 248 g/mol. The van der Waals surface area contributed by atoms with Crippen LogP contribution in [-0.4, -0.2) is 35.8 Å². The molecule has 2 rings (SSSR count). The van der Waals surface area contributed by atoms with E-state index in [1.807, 2.05) is 0 Å². The predicted molar refractivity (Wildman–Crippen MR) is 67.3 cm³/mol. The lowest BCUT2D eigenvalue weighted by atomic mass is 10.0. The zero-order valence-corrected chi connectivity index (χ0v) is 10.6. The first-order chi connectivity index (χ1) is 9.10. The molecule has 1 aliphatic heterocycles. The van der Waals surface area contributed by atoms with Crippen LogP contribution in [0.15, 0.2) is 24.3 Å². The molecule has 0 aliphatic carbocycles. The third-order valence-corrected chi connectivity index (χ3v) is 2.85. The first-order valence-corrected chi connectivity index (χ1v) is 6.10. The van der Waals surface area contributed by atoms with Crippen molar-refractivity contribution < 1.29 is 19.4 Å². The van der Waals surface area contributed by atoms with Gasteiger partial charge in [-0.2, -0.15) is 0 Å². The molecule has 6 heteroatoms. The van der Waals surface area contributed by atoms with Crippen molar-refractivity contribution in [2.75, 3.05) is 6.61 Å². The maximum Gasteiger partial charge on any atom is 0.270 e. The Bertz CT molecular complexity index is 472. The van der Waals surface area contributed by atoms with Gasteiger partial charge in [0.05, 0.1) is 0 Å². The SMILES string of the molecule is CCOC1NC(=O)C(Cc2ccc(O)cc2)NC1=O. The number of hydrogen-bond donors (Lipinski definition) is 3. The highest BCUT2D eigenvalue weighted by Gasteiger charge is 2.33. The summed E-state index contributed by atoms with van der Waals surface area (Å²) in [6.07, 6.45) is -0.537. The molecule has 6 nitrogen and oxygen atoms in total. The lowest BCUT2D eigenvalue weighted by Gasteiger charge is -2.29. The number of hydrogen-bond acceptors (Lipinski definition) is 4. The molecule has 1 aromatic rings. The Hall–Kier alpha value is -2.08. The first kappa shape index (κ1) is 13.4. The van der Waals surface area contributed by atoms with Crippen molar-refractivity contribution in [2.45, 2.75) is 25.6 Å². The maximum absolute atomic E-state index is 11.8. The fraction of sp³-hybridized carbons (Fsp3) is 0.385. The zero-order valence-electron chi connectivity index (χ0n) is 10.6. The molecule has 0 radical (unpaired) electrons. The summed E-state index contributed by atoms with van der Waals surface area (Å²) in [6, 6.07) is 5.89. The number of amides is 2. The van der Waals surface area contributed by atoms with Gasteiger partial charge < -0.3 is 20.5 Å². The third-order valence-electron chi connectivity index (χ3n) is 2.85. The van der Waals surface area contributed by atoms with Crippen molar-refractivity contribution in [2.24, 2.45) is 0 Å². The molecule has 0 bridgehead atoms. The Balaban J connectivity index is 2.00. The van der Waals surface area contributed by atoms with Crippen molar-refractivity contribution in [3.63, 3.8) is 0 Å². The fourth-order valence-electron chi connectivity index (χ4n) is 1.90. The average molecular weight is 264 g/mol. The van der Waals surface area contributed by atoms with Gasteiger partial charge in [-0.1, -0.05) is 12.1 Å². The molecule has 2 atom stereocenters. The molecular formula is C13H16N2O4. The number of nitrogens with one attached hydrogen (secondary N) is 2. The molecule has 102 valence electrons. The van der Waals surface area contributed by atoms with Gasteiger partial charge in [-0.05, 0) is 24.6 Å². The van der Waals surface area contributed by atoms with Crippen LogP contribution in [0.5, 0.6) is 5.75 Å². The van der Waals surface area contributed by atoms with Gasteiger partial charge >= 0.3 is 0 Å². The van der Waals surface area contributed by atoms with Crippen LogP contribution in [0, 0.1) is 0 Å². The highest BCUT2D eigenvalue weighted by atomic mass is 16.5. The number of carbonyl (C=O) groups excluding carboxylic acids is 2. The van der Waals surface area contributed by atoms with Gasteiger partial charge in [-0.3, -0.25) is 9.59 Å². The molecule has 3 N–H and O–H groups in total. The molecule has 0 saturated carbocycles. The van der Waals surface area contributed by atoms with Gasteiger partial charge in [0, 0.05) is 13.0 Å². The van der Waals surface area contributed by atoms with Gasteiger partial charge in [0.2, 0.25) is 12.1 Å².